The van der Waals surface area contributed by atoms with Gasteiger partial charge in [-0.05, 0) is 50.9 Å². The van der Waals surface area contributed by atoms with Gasteiger partial charge in [0.05, 0.1) is 16.8 Å². The predicted octanol–water partition coefficient (Wildman–Crippen LogP) is 2.44. The Morgan fingerprint density at radius 2 is 1.87 bits per heavy atom. The highest BCUT2D eigenvalue weighted by atomic mass is 32.1. The average Bonchev–Trinajstić information content (AvgIpc) is 2.66. The number of hydrogen-bond donors (Lipinski definition) is 3. The summed E-state index contributed by atoms with van der Waals surface area (Å²) in [6, 6.07) is 4.66. The Bertz CT molecular complexity index is 641. The molecule has 1 saturated heterocycles. The number of carbonyl (C=O) groups is 1. The van der Waals surface area contributed by atoms with E-state index < -0.39 is 24.2 Å². The number of aromatic hydroxyl groups is 1. The summed E-state index contributed by atoms with van der Waals surface area (Å²) in [5, 5.41) is 9.66. The van der Waals surface area contributed by atoms with Crippen LogP contribution in [0.3, 0.4) is 0 Å². The highest BCUT2D eigenvalue weighted by Gasteiger charge is 2.52. The van der Waals surface area contributed by atoms with Gasteiger partial charge in [-0.15, -0.1) is 0 Å². The molecule has 0 saturated carbocycles. The summed E-state index contributed by atoms with van der Waals surface area (Å²) in [7, 11) is -0.511. The van der Waals surface area contributed by atoms with Crippen molar-refractivity contribution < 1.29 is 19.2 Å². The van der Waals surface area contributed by atoms with Crippen LogP contribution in [0.25, 0.3) is 6.08 Å². The lowest BCUT2D eigenvalue weighted by molar-refractivity contribution is 0.00578. The molecular weight excluding hydrogens is 313 g/mol. The van der Waals surface area contributed by atoms with Crippen LogP contribution in [-0.2, 0) is 9.31 Å². The fourth-order valence-corrected chi connectivity index (χ4v) is 2.48. The third-order valence-corrected chi connectivity index (χ3v) is 4.74. The molecule has 1 fully saturated rings. The van der Waals surface area contributed by atoms with Crippen LogP contribution in [0.5, 0.6) is 5.75 Å². The maximum absolute atomic E-state index is 11.3. The van der Waals surface area contributed by atoms with Crippen molar-refractivity contribution in [2.75, 3.05) is 5.75 Å². The second-order valence-electron chi connectivity index (χ2n) is 6.61. The van der Waals surface area contributed by atoms with E-state index in [1.807, 2.05) is 33.8 Å². The summed E-state index contributed by atoms with van der Waals surface area (Å²) < 4.78 is 12.0. The lowest BCUT2D eigenvalue weighted by Crippen LogP contribution is -2.41. The van der Waals surface area contributed by atoms with Gasteiger partial charge in [0.2, 0.25) is 0 Å². The van der Waals surface area contributed by atoms with E-state index in [0.717, 1.165) is 11.0 Å². The Balaban J connectivity index is 2.34. The minimum absolute atomic E-state index is 0.0752. The zero-order valence-electron chi connectivity index (χ0n) is 13.8. The topological polar surface area (TPSA) is 81.8 Å². The molecule has 1 heterocycles. The van der Waals surface area contributed by atoms with Gasteiger partial charge >= 0.3 is 7.12 Å². The van der Waals surface area contributed by atoms with E-state index in [1.54, 1.807) is 6.07 Å². The summed E-state index contributed by atoms with van der Waals surface area (Å²) in [6.07, 6.45) is 1.83. The highest BCUT2D eigenvalue weighted by Crippen LogP contribution is 2.39. The first kappa shape index (κ1) is 17.9. The number of nitrogens with two attached hydrogens (primary N) is 1. The molecule has 0 aromatic heterocycles. The van der Waals surface area contributed by atoms with Crippen molar-refractivity contribution >= 4 is 31.7 Å². The first-order chi connectivity index (χ1) is 10.6. The van der Waals surface area contributed by atoms with Crippen LogP contribution in [0.4, 0.5) is 0 Å². The molecule has 2 rings (SSSR count). The summed E-state index contributed by atoms with van der Waals surface area (Å²) in [5.41, 5.74) is 6.00. The van der Waals surface area contributed by atoms with Gasteiger partial charge in [0, 0.05) is 5.75 Å². The van der Waals surface area contributed by atoms with Crippen molar-refractivity contribution in [2.24, 2.45) is 5.73 Å². The Kier molecular flexibility index (Phi) is 4.85. The average molecular weight is 335 g/mol. The van der Waals surface area contributed by atoms with Crippen molar-refractivity contribution in [1.29, 1.82) is 0 Å². The molecule has 1 amide bonds. The standard InChI is InChI=1S/C16H22BNO4S/c1-15(2)16(3,4)22-17(21-15)11(9-23)7-10-5-6-13(19)12(8-10)14(18)20/h5-8,19,23H,9H2,1-4H3,(H2,18,20). The van der Waals surface area contributed by atoms with Crippen LogP contribution >= 0.6 is 12.6 Å². The monoisotopic (exact) mass is 335 g/mol. The van der Waals surface area contributed by atoms with Gasteiger partial charge in [-0.25, -0.2) is 0 Å². The molecule has 1 aliphatic heterocycles. The van der Waals surface area contributed by atoms with Gasteiger partial charge in [0.15, 0.2) is 0 Å². The van der Waals surface area contributed by atoms with Crippen molar-refractivity contribution in [2.45, 2.75) is 38.9 Å². The molecule has 124 valence electrons. The quantitative estimate of drug-likeness (QED) is 0.583. The first-order valence-electron chi connectivity index (χ1n) is 7.37. The lowest BCUT2D eigenvalue weighted by Gasteiger charge is -2.32. The first-order valence-corrected chi connectivity index (χ1v) is 8.00. The van der Waals surface area contributed by atoms with Gasteiger partial charge < -0.3 is 20.1 Å². The number of benzene rings is 1. The minimum Gasteiger partial charge on any atom is -0.507 e. The Morgan fingerprint density at radius 3 is 2.35 bits per heavy atom. The number of hydrogen-bond acceptors (Lipinski definition) is 5. The van der Waals surface area contributed by atoms with E-state index in [2.05, 4.69) is 12.6 Å². The maximum atomic E-state index is 11.3. The van der Waals surface area contributed by atoms with Crippen molar-refractivity contribution in [3.63, 3.8) is 0 Å². The lowest BCUT2D eigenvalue weighted by atomic mass is 9.78. The molecule has 0 radical (unpaired) electrons. The molecule has 1 aromatic rings. The van der Waals surface area contributed by atoms with Crippen molar-refractivity contribution in [3.05, 3.63) is 34.8 Å². The molecule has 23 heavy (non-hydrogen) atoms. The summed E-state index contributed by atoms with van der Waals surface area (Å²) in [4.78, 5) is 11.3. The van der Waals surface area contributed by atoms with Gasteiger partial charge in [0.1, 0.15) is 5.75 Å². The molecule has 1 aliphatic rings. The van der Waals surface area contributed by atoms with Crippen LogP contribution in [0.15, 0.2) is 23.7 Å². The number of rotatable bonds is 4. The molecule has 0 bridgehead atoms. The minimum atomic E-state index is -0.680. The van der Waals surface area contributed by atoms with Gasteiger partial charge in [-0.2, -0.15) is 12.6 Å². The van der Waals surface area contributed by atoms with Gasteiger partial charge in [0.25, 0.3) is 5.91 Å². The Morgan fingerprint density at radius 1 is 1.30 bits per heavy atom. The maximum Gasteiger partial charge on any atom is 0.491 e. The Labute approximate surface area is 142 Å². The van der Waals surface area contributed by atoms with Crippen LogP contribution in [-0.4, -0.2) is 35.1 Å². The van der Waals surface area contributed by atoms with E-state index in [0.29, 0.717) is 5.75 Å². The smallest absolute Gasteiger partial charge is 0.491 e. The summed E-state index contributed by atoms with van der Waals surface area (Å²) >= 11 is 4.35. The summed E-state index contributed by atoms with van der Waals surface area (Å²) in [6.45, 7) is 7.92. The molecule has 1 aromatic carbocycles. The van der Waals surface area contributed by atoms with Crippen molar-refractivity contribution in [1.82, 2.24) is 0 Å². The third kappa shape index (κ3) is 3.57. The molecule has 7 heteroatoms. The normalized spacial score (nSPS) is 19.9. The van der Waals surface area contributed by atoms with E-state index in [1.165, 1.54) is 12.1 Å². The molecule has 0 atom stereocenters. The number of phenols is 1. The van der Waals surface area contributed by atoms with E-state index in [9.17, 15) is 9.90 Å². The molecule has 0 aliphatic carbocycles. The van der Waals surface area contributed by atoms with E-state index >= 15 is 0 Å². The molecule has 0 unspecified atom stereocenters. The molecular formula is C16H22BNO4S. The van der Waals surface area contributed by atoms with Crippen LogP contribution in [0, 0.1) is 0 Å². The van der Waals surface area contributed by atoms with Crippen LogP contribution in [0.2, 0.25) is 0 Å². The van der Waals surface area contributed by atoms with Crippen LogP contribution in [0.1, 0.15) is 43.6 Å². The second-order valence-corrected chi connectivity index (χ2v) is 6.92. The fraction of sp³-hybridized carbons (Fsp3) is 0.438. The number of amides is 1. The molecule has 3 N–H and O–H groups in total. The molecule has 0 spiro atoms. The molecule has 5 nitrogen and oxygen atoms in total. The zero-order chi connectivity index (χ0) is 17.4. The van der Waals surface area contributed by atoms with Crippen LogP contribution < -0.4 is 5.73 Å². The predicted molar refractivity (Wildman–Crippen MR) is 94.5 cm³/mol. The zero-order valence-corrected chi connectivity index (χ0v) is 14.7. The van der Waals surface area contributed by atoms with Crippen molar-refractivity contribution in [3.8, 4) is 5.75 Å². The second kappa shape index (κ2) is 6.22. The number of carbonyl (C=O) groups excluding carboxylic acids is 1. The van der Waals surface area contributed by atoms with E-state index in [-0.39, 0.29) is 11.3 Å². The van der Waals surface area contributed by atoms with Gasteiger partial charge in [-0.3, -0.25) is 4.79 Å². The fourth-order valence-electron chi connectivity index (χ4n) is 2.24. The third-order valence-electron chi connectivity index (χ3n) is 4.38. The summed E-state index contributed by atoms with van der Waals surface area (Å²) in [5.74, 6) is -0.387. The largest absolute Gasteiger partial charge is 0.507 e. The number of thiol groups is 1. The van der Waals surface area contributed by atoms with E-state index in [4.69, 9.17) is 15.0 Å². The highest BCUT2D eigenvalue weighted by molar-refractivity contribution is 7.80. The number of primary amides is 1. The Hall–Kier alpha value is -1.44. The SMILES string of the molecule is CC1(C)OB(C(=Cc2ccc(O)c(C(N)=O)c2)CS)OC1(C)C. The van der Waals surface area contributed by atoms with Gasteiger partial charge in [-0.1, -0.05) is 12.1 Å².